The van der Waals surface area contributed by atoms with Gasteiger partial charge in [-0.15, -0.1) is 0 Å². The van der Waals surface area contributed by atoms with E-state index in [1.165, 1.54) is 11.3 Å². The van der Waals surface area contributed by atoms with Gasteiger partial charge in [-0.1, -0.05) is 50.6 Å². The highest BCUT2D eigenvalue weighted by Gasteiger charge is 2.25. The van der Waals surface area contributed by atoms with Gasteiger partial charge < -0.3 is 5.73 Å². The van der Waals surface area contributed by atoms with Gasteiger partial charge in [-0.2, -0.15) is 5.10 Å². The number of nitrogens with two attached hydrogens (primary N) is 1. The molecule has 0 aliphatic carbocycles. The van der Waals surface area contributed by atoms with Gasteiger partial charge >= 0.3 is 0 Å². The third kappa shape index (κ3) is 3.73. The van der Waals surface area contributed by atoms with Crippen molar-refractivity contribution in [3.63, 3.8) is 0 Å². The van der Waals surface area contributed by atoms with Crippen molar-refractivity contribution in [2.24, 2.45) is 18.7 Å². The maximum Gasteiger partial charge on any atom is 0.0596 e. The van der Waals surface area contributed by atoms with Gasteiger partial charge in [-0.25, -0.2) is 0 Å². The van der Waals surface area contributed by atoms with Crippen molar-refractivity contribution in [3.05, 3.63) is 53.3 Å². The highest BCUT2D eigenvalue weighted by atomic mass is 15.3. The third-order valence-electron chi connectivity index (χ3n) is 4.45. The monoisotopic (exact) mass is 285 g/mol. The lowest BCUT2D eigenvalue weighted by Crippen LogP contribution is -2.35. The molecule has 2 N–H and O–H groups in total. The molecule has 1 heterocycles. The summed E-state index contributed by atoms with van der Waals surface area (Å²) in [5.41, 5.74) is 10.2. The maximum atomic E-state index is 6.60. The fraction of sp³-hybridized carbons (Fsp3) is 0.500. The van der Waals surface area contributed by atoms with Crippen LogP contribution >= 0.6 is 0 Å². The molecule has 21 heavy (non-hydrogen) atoms. The van der Waals surface area contributed by atoms with Crippen molar-refractivity contribution in [2.75, 3.05) is 0 Å². The Morgan fingerprint density at radius 3 is 2.43 bits per heavy atom. The molecule has 1 aromatic heterocycles. The Labute approximate surface area is 128 Å². The van der Waals surface area contributed by atoms with Crippen molar-refractivity contribution >= 4 is 0 Å². The number of hydrogen-bond acceptors (Lipinski definition) is 2. The van der Waals surface area contributed by atoms with E-state index in [1.807, 2.05) is 18.7 Å². The van der Waals surface area contributed by atoms with Gasteiger partial charge in [-0.3, -0.25) is 4.68 Å². The Balaban J connectivity index is 2.22. The Bertz CT molecular complexity index is 559. The second-order valence-electron chi connectivity index (χ2n) is 6.09. The van der Waals surface area contributed by atoms with Crippen LogP contribution in [0, 0.1) is 12.8 Å². The Morgan fingerprint density at radius 1 is 1.24 bits per heavy atom. The first-order valence-corrected chi connectivity index (χ1v) is 7.83. The molecule has 1 aromatic carbocycles. The van der Waals surface area contributed by atoms with E-state index >= 15 is 0 Å². The van der Waals surface area contributed by atoms with Gasteiger partial charge in [0.05, 0.1) is 5.69 Å². The van der Waals surface area contributed by atoms with Crippen LogP contribution in [0.25, 0.3) is 0 Å². The number of aryl methyl sites for hydroxylation is 2. The van der Waals surface area contributed by atoms with Crippen LogP contribution in [-0.2, 0) is 13.5 Å². The minimum absolute atomic E-state index is 0.108. The molecule has 2 rings (SSSR count). The maximum absolute atomic E-state index is 6.60. The van der Waals surface area contributed by atoms with Crippen LogP contribution in [0.3, 0.4) is 0 Å². The Hall–Kier alpha value is -1.61. The van der Waals surface area contributed by atoms with Gasteiger partial charge in [-0.05, 0) is 24.5 Å². The summed E-state index contributed by atoms with van der Waals surface area (Å²) >= 11 is 0. The minimum atomic E-state index is 0.108. The molecule has 0 bridgehead atoms. The van der Waals surface area contributed by atoms with Crippen LogP contribution in [0.1, 0.15) is 43.1 Å². The molecular weight excluding hydrogens is 258 g/mol. The first-order valence-electron chi connectivity index (χ1n) is 7.83. The quantitative estimate of drug-likeness (QED) is 0.883. The van der Waals surface area contributed by atoms with Crippen molar-refractivity contribution in [1.82, 2.24) is 9.78 Å². The van der Waals surface area contributed by atoms with Crippen LogP contribution < -0.4 is 5.73 Å². The zero-order valence-electron chi connectivity index (χ0n) is 13.6. The standard InChI is InChI=1S/C18H27N3/c1-5-13(2)18(15-9-7-6-8-10-15)17(19)12-16-11-14(3)20-21(16)4/h6-11,13,17-18H,5,12,19H2,1-4H3. The highest BCUT2D eigenvalue weighted by Crippen LogP contribution is 2.30. The van der Waals surface area contributed by atoms with E-state index in [9.17, 15) is 0 Å². The molecule has 3 atom stereocenters. The van der Waals surface area contributed by atoms with Gasteiger partial charge in [0, 0.05) is 31.1 Å². The molecule has 3 heteroatoms. The smallest absolute Gasteiger partial charge is 0.0596 e. The van der Waals surface area contributed by atoms with E-state index in [0.717, 1.165) is 18.5 Å². The van der Waals surface area contributed by atoms with Crippen LogP contribution in [0.5, 0.6) is 0 Å². The Morgan fingerprint density at radius 2 is 1.90 bits per heavy atom. The predicted octanol–water partition coefficient (Wildman–Crippen LogP) is 3.43. The predicted molar refractivity (Wildman–Crippen MR) is 88.3 cm³/mol. The molecular formula is C18H27N3. The molecule has 0 saturated carbocycles. The van der Waals surface area contributed by atoms with E-state index in [-0.39, 0.29) is 6.04 Å². The third-order valence-corrected chi connectivity index (χ3v) is 4.45. The van der Waals surface area contributed by atoms with Gasteiger partial charge in [0.25, 0.3) is 0 Å². The fourth-order valence-corrected chi connectivity index (χ4v) is 3.15. The number of benzene rings is 1. The SMILES string of the molecule is CCC(C)C(c1ccccc1)C(N)Cc1cc(C)nn1C. The molecule has 114 valence electrons. The van der Waals surface area contributed by atoms with E-state index in [4.69, 9.17) is 5.73 Å². The fourth-order valence-electron chi connectivity index (χ4n) is 3.15. The first kappa shape index (κ1) is 15.8. The summed E-state index contributed by atoms with van der Waals surface area (Å²) in [5, 5.41) is 4.42. The molecule has 0 spiro atoms. The lowest BCUT2D eigenvalue weighted by molar-refractivity contribution is 0.375. The zero-order chi connectivity index (χ0) is 15.4. The molecule has 3 nitrogen and oxygen atoms in total. The normalized spacial score (nSPS) is 15.7. The lowest BCUT2D eigenvalue weighted by atomic mass is 9.79. The van der Waals surface area contributed by atoms with Crippen molar-refractivity contribution in [3.8, 4) is 0 Å². The molecule has 0 saturated heterocycles. The summed E-state index contributed by atoms with van der Waals surface area (Å²) in [6.07, 6.45) is 2.00. The van der Waals surface area contributed by atoms with E-state index in [1.54, 1.807) is 0 Å². The van der Waals surface area contributed by atoms with E-state index in [2.05, 4.69) is 55.3 Å². The summed E-state index contributed by atoms with van der Waals surface area (Å²) in [7, 11) is 2.00. The van der Waals surface area contributed by atoms with Crippen molar-refractivity contribution < 1.29 is 0 Å². The van der Waals surface area contributed by atoms with Crippen LogP contribution in [0.2, 0.25) is 0 Å². The Kier molecular flexibility index (Phi) is 5.18. The van der Waals surface area contributed by atoms with Crippen molar-refractivity contribution in [2.45, 2.75) is 45.6 Å². The van der Waals surface area contributed by atoms with E-state index in [0.29, 0.717) is 11.8 Å². The highest BCUT2D eigenvalue weighted by molar-refractivity contribution is 5.23. The first-order chi connectivity index (χ1) is 10.0. The van der Waals surface area contributed by atoms with Gasteiger partial charge in [0.2, 0.25) is 0 Å². The number of rotatable bonds is 6. The van der Waals surface area contributed by atoms with Gasteiger partial charge in [0.1, 0.15) is 0 Å². The summed E-state index contributed by atoms with van der Waals surface area (Å²) in [6.45, 7) is 6.56. The zero-order valence-corrected chi connectivity index (χ0v) is 13.6. The minimum Gasteiger partial charge on any atom is -0.327 e. The topological polar surface area (TPSA) is 43.8 Å². The molecule has 3 unspecified atom stereocenters. The number of aromatic nitrogens is 2. The van der Waals surface area contributed by atoms with Crippen LogP contribution in [0.15, 0.2) is 36.4 Å². The molecule has 0 radical (unpaired) electrons. The summed E-state index contributed by atoms with van der Waals surface area (Å²) in [4.78, 5) is 0. The lowest BCUT2D eigenvalue weighted by Gasteiger charge is -2.29. The number of hydrogen-bond donors (Lipinski definition) is 1. The second kappa shape index (κ2) is 6.90. The largest absolute Gasteiger partial charge is 0.327 e. The number of nitrogens with zero attached hydrogens (tertiary/aromatic N) is 2. The van der Waals surface area contributed by atoms with Gasteiger partial charge in [0.15, 0.2) is 0 Å². The molecule has 0 amide bonds. The average Bonchev–Trinajstić information content (AvgIpc) is 2.78. The summed E-state index contributed by atoms with van der Waals surface area (Å²) < 4.78 is 1.95. The summed E-state index contributed by atoms with van der Waals surface area (Å²) in [6, 6.07) is 12.9. The molecule has 0 aliphatic rings. The molecule has 0 fully saturated rings. The molecule has 0 aliphatic heterocycles. The van der Waals surface area contributed by atoms with Crippen molar-refractivity contribution in [1.29, 1.82) is 0 Å². The molecule has 2 aromatic rings. The van der Waals surface area contributed by atoms with Crippen LogP contribution in [-0.4, -0.2) is 15.8 Å². The summed E-state index contributed by atoms with van der Waals surface area (Å²) in [5.74, 6) is 0.947. The van der Waals surface area contributed by atoms with E-state index < -0.39 is 0 Å². The second-order valence-corrected chi connectivity index (χ2v) is 6.09. The van der Waals surface area contributed by atoms with Crippen LogP contribution in [0.4, 0.5) is 0 Å². The average molecular weight is 285 g/mol.